The van der Waals surface area contributed by atoms with Crippen molar-refractivity contribution in [3.8, 4) is 0 Å². The quantitative estimate of drug-likeness (QED) is 0.860. The summed E-state index contributed by atoms with van der Waals surface area (Å²) in [5.74, 6) is -0.529. The van der Waals surface area contributed by atoms with E-state index in [-0.39, 0.29) is 0 Å². The number of nitrogens with one attached hydrogen (secondary N) is 1. The first-order valence-electron chi connectivity index (χ1n) is 5.35. The predicted molar refractivity (Wildman–Crippen MR) is 76.6 cm³/mol. The Morgan fingerprint density at radius 2 is 1.89 bits per heavy atom. The molecular weight excluding hydrogens is 318 g/mol. The lowest BCUT2D eigenvalue weighted by Gasteiger charge is -2.22. The van der Waals surface area contributed by atoms with Crippen LogP contribution in [0, 0.1) is 0 Å². The van der Waals surface area contributed by atoms with Gasteiger partial charge in [-0.2, -0.15) is 0 Å². The van der Waals surface area contributed by atoms with Crippen molar-refractivity contribution in [2.45, 2.75) is 23.9 Å². The molecule has 100 valence electrons. The van der Waals surface area contributed by atoms with Crippen LogP contribution in [0.15, 0.2) is 24.3 Å². The zero-order chi connectivity index (χ0) is 14.0. The average molecular weight is 334 g/mol. The van der Waals surface area contributed by atoms with Crippen molar-refractivity contribution < 1.29 is 13.2 Å². The Hall–Kier alpha value is -0.880. The molecule has 0 aliphatic carbocycles. The van der Waals surface area contributed by atoms with Gasteiger partial charge in [0.25, 0.3) is 0 Å². The smallest absolute Gasteiger partial charge is 0.245 e. The number of anilines is 1. The number of sulfone groups is 1. The molecular formula is C12H16BrNO3S. The van der Waals surface area contributed by atoms with Crippen LogP contribution in [-0.4, -0.2) is 25.3 Å². The zero-order valence-corrected chi connectivity index (χ0v) is 12.9. The summed E-state index contributed by atoms with van der Waals surface area (Å²) in [5, 5.41) is 3.25. The third-order valence-electron chi connectivity index (χ3n) is 2.88. The van der Waals surface area contributed by atoms with Gasteiger partial charge in [-0.3, -0.25) is 4.79 Å². The summed E-state index contributed by atoms with van der Waals surface area (Å²) in [7, 11) is -3.47. The van der Waals surface area contributed by atoms with E-state index in [9.17, 15) is 13.2 Å². The maximum Gasteiger partial charge on any atom is 0.245 e. The monoisotopic (exact) mass is 333 g/mol. The number of benzene rings is 1. The second-order valence-electron chi connectivity index (χ2n) is 4.53. The van der Waals surface area contributed by atoms with Crippen molar-refractivity contribution in [3.63, 3.8) is 0 Å². The van der Waals surface area contributed by atoms with Gasteiger partial charge in [-0.1, -0.05) is 34.1 Å². The van der Waals surface area contributed by atoms with Gasteiger partial charge in [0.15, 0.2) is 9.84 Å². The molecule has 0 aliphatic heterocycles. The molecule has 1 amide bonds. The van der Waals surface area contributed by atoms with Crippen molar-refractivity contribution in [3.05, 3.63) is 29.8 Å². The fourth-order valence-electron chi connectivity index (χ4n) is 1.20. The van der Waals surface area contributed by atoms with E-state index in [0.717, 1.165) is 11.8 Å². The fourth-order valence-corrected chi connectivity index (χ4v) is 2.08. The minimum absolute atomic E-state index is 0.529. The van der Waals surface area contributed by atoms with Crippen LogP contribution in [0.2, 0.25) is 0 Å². The van der Waals surface area contributed by atoms with E-state index in [4.69, 9.17) is 0 Å². The molecule has 1 aromatic rings. The molecule has 1 aromatic carbocycles. The summed E-state index contributed by atoms with van der Waals surface area (Å²) in [4.78, 5) is 12.0. The third kappa shape index (κ3) is 3.11. The van der Waals surface area contributed by atoms with Gasteiger partial charge < -0.3 is 5.32 Å². The van der Waals surface area contributed by atoms with Crippen molar-refractivity contribution in [1.29, 1.82) is 0 Å². The molecule has 0 saturated heterocycles. The second kappa shape index (κ2) is 5.40. The normalized spacial score (nSPS) is 12.2. The minimum atomic E-state index is -3.47. The molecule has 0 unspecified atom stereocenters. The predicted octanol–water partition coefficient (Wildman–Crippen LogP) is 2.34. The first-order valence-corrected chi connectivity index (χ1v) is 8.36. The number of alkyl halides is 1. The number of halogens is 1. The molecule has 0 atom stereocenters. The van der Waals surface area contributed by atoms with E-state index in [1.165, 1.54) is 13.8 Å². The molecule has 4 nitrogen and oxygen atoms in total. The summed E-state index contributed by atoms with van der Waals surface area (Å²) in [6.45, 7) is 2.79. The summed E-state index contributed by atoms with van der Waals surface area (Å²) in [6, 6.07) is 7.24. The Morgan fingerprint density at radius 3 is 2.39 bits per heavy atom. The fraction of sp³-hybridized carbons (Fsp3) is 0.417. The van der Waals surface area contributed by atoms with Gasteiger partial charge in [0.05, 0.1) is 0 Å². The first kappa shape index (κ1) is 15.2. The number of para-hydroxylation sites is 1. The highest BCUT2D eigenvalue weighted by molar-refractivity contribution is 9.08. The van der Waals surface area contributed by atoms with Crippen LogP contribution in [0.1, 0.15) is 19.4 Å². The summed E-state index contributed by atoms with van der Waals surface area (Å²) in [6.07, 6.45) is 1.06. The van der Waals surface area contributed by atoms with Gasteiger partial charge in [0.2, 0.25) is 5.91 Å². The molecule has 0 heterocycles. The van der Waals surface area contributed by atoms with E-state index < -0.39 is 20.5 Å². The highest BCUT2D eigenvalue weighted by Gasteiger charge is 2.38. The molecule has 0 spiro atoms. The van der Waals surface area contributed by atoms with Crippen LogP contribution in [-0.2, 0) is 20.0 Å². The Labute approximate surface area is 116 Å². The first-order chi connectivity index (χ1) is 8.20. The van der Waals surface area contributed by atoms with Crippen LogP contribution in [0.25, 0.3) is 0 Å². The zero-order valence-electron chi connectivity index (χ0n) is 10.5. The molecule has 6 heteroatoms. The van der Waals surface area contributed by atoms with Crippen LogP contribution in [0.4, 0.5) is 5.69 Å². The Balaban J connectivity index is 3.02. The highest BCUT2D eigenvalue weighted by atomic mass is 79.9. The molecule has 0 radical (unpaired) electrons. The number of carbonyl (C=O) groups is 1. The number of amides is 1. The molecule has 1 N–H and O–H groups in total. The maximum atomic E-state index is 12.0. The van der Waals surface area contributed by atoms with E-state index >= 15 is 0 Å². The van der Waals surface area contributed by atoms with Gasteiger partial charge in [0.1, 0.15) is 4.75 Å². The number of hydrogen-bond acceptors (Lipinski definition) is 3. The van der Waals surface area contributed by atoms with E-state index in [1.807, 2.05) is 12.1 Å². The lowest BCUT2D eigenvalue weighted by molar-refractivity contribution is -0.117. The van der Waals surface area contributed by atoms with Crippen LogP contribution >= 0.6 is 15.9 Å². The lowest BCUT2D eigenvalue weighted by Crippen LogP contribution is -2.44. The number of rotatable bonds is 4. The molecule has 18 heavy (non-hydrogen) atoms. The molecule has 0 bridgehead atoms. The van der Waals surface area contributed by atoms with Gasteiger partial charge in [-0.25, -0.2) is 8.42 Å². The maximum absolute atomic E-state index is 12.0. The van der Waals surface area contributed by atoms with Gasteiger partial charge in [0, 0.05) is 17.3 Å². The number of hydrogen-bond donors (Lipinski definition) is 1. The second-order valence-corrected chi connectivity index (χ2v) is 7.65. The molecule has 0 aromatic heterocycles. The Bertz CT molecular complexity index is 552. The largest absolute Gasteiger partial charge is 0.324 e. The summed E-state index contributed by atoms with van der Waals surface area (Å²) in [5.41, 5.74) is 1.52. The summed E-state index contributed by atoms with van der Waals surface area (Å²) < 4.78 is 21.7. The lowest BCUT2D eigenvalue weighted by atomic mass is 10.1. The molecule has 0 aliphatic rings. The Kier molecular flexibility index (Phi) is 4.55. The summed E-state index contributed by atoms with van der Waals surface area (Å²) >= 11 is 3.32. The molecule has 0 fully saturated rings. The van der Waals surface area contributed by atoms with Crippen molar-refractivity contribution >= 4 is 37.4 Å². The van der Waals surface area contributed by atoms with Crippen LogP contribution in [0.3, 0.4) is 0 Å². The van der Waals surface area contributed by atoms with Gasteiger partial charge in [-0.15, -0.1) is 0 Å². The van der Waals surface area contributed by atoms with Crippen molar-refractivity contribution in [2.75, 3.05) is 11.6 Å². The van der Waals surface area contributed by atoms with Gasteiger partial charge in [-0.05, 0) is 25.5 Å². The van der Waals surface area contributed by atoms with E-state index in [0.29, 0.717) is 11.0 Å². The number of carbonyl (C=O) groups excluding carboxylic acids is 1. The van der Waals surface area contributed by atoms with Crippen LogP contribution in [0.5, 0.6) is 0 Å². The third-order valence-corrected chi connectivity index (χ3v) is 5.53. The molecule has 0 saturated carbocycles. The van der Waals surface area contributed by atoms with E-state index in [1.54, 1.807) is 12.1 Å². The topological polar surface area (TPSA) is 63.2 Å². The SMILES string of the molecule is CC(C)(C(=O)Nc1ccccc1CBr)S(C)(=O)=O. The highest BCUT2D eigenvalue weighted by Crippen LogP contribution is 2.22. The van der Waals surface area contributed by atoms with Crippen LogP contribution < -0.4 is 5.32 Å². The standard InChI is InChI=1S/C12H16BrNO3S/c1-12(2,18(3,16)17)11(15)14-10-7-5-4-6-9(10)8-13/h4-7H,8H2,1-3H3,(H,14,15). The van der Waals surface area contributed by atoms with E-state index in [2.05, 4.69) is 21.2 Å². The van der Waals surface area contributed by atoms with Crippen molar-refractivity contribution in [1.82, 2.24) is 0 Å². The molecule has 1 rings (SSSR count). The van der Waals surface area contributed by atoms with Crippen molar-refractivity contribution in [2.24, 2.45) is 0 Å². The minimum Gasteiger partial charge on any atom is -0.324 e. The Morgan fingerprint density at radius 1 is 1.33 bits per heavy atom. The average Bonchev–Trinajstić information content (AvgIpc) is 2.28. The van der Waals surface area contributed by atoms with Gasteiger partial charge >= 0.3 is 0 Å².